The third kappa shape index (κ3) is 4.58. The van der Waals surface area contributed by atoms with Crippen molar-refractivity contribution < 1.29 is 13.0 Å². The Balaban J connectivity index is 1.77. The first-order valence-electron chi connectivity index (χ1n) is 7.28. The van der Waals surface area contributed by atoms with Gasteiger partial charge in [-0.3, -0.25) is 4.55 Å². The van der Waals surface area contributed by atoms with Crippen LogP contribution in [-0.2, 0) is 10.1 Å². The van der Waals surface area contributed by atoms with Gasteiger partial charge >= 0.3 is 0 Å². The van der Waals surface area contributed by atoms with Crippen LogP contribution in [0.2, 0.25) is 0 Å². The van der Waals surface area contributed by atoms with Crippen molar-refractivity contribution >= 4 is 10.1 Å². The zero-order chi connectivity index (χ0) is 13.9. The van der Waals surface area contributed by atoms with E-state index in [0.29, 0.717) is 12.3 Å². The third-order valence-electron chi connectivity index (χ3n) is 4.28. The van der Waals surface area contributed by atoms with Crippen molar-refractivity contribution in [3.63, 3.8) is 0 Å². The highest BCUT2D eigenvalue weighted by Crippen LogP contribution is 2.41. The highest BCUT2D eigenvalue weighted by atomic mass is 32.2. The summed E-state index contributed by atoms with van der Waals surface area (Å²) in [6.07, 6.45) is 9.84. The van der Waals surface area contributed by atoms with Gasteiger partial charge in [0.15, 0.2) is 0 Å². The largest absolute Gasteiger partial charge is 0.311 e. The van der Waals surface area contributed by atoms with Crippen LogP contribution in [0.5, 0.6) is 0 Å². The molecule has 19 heavy (non-hydrogen) atoms. The molecule has 0 aliphatic heterocycles. The minimum absolute atomic E-state index is 0.122. The molecule has 1 saturated carbocycles. The van der Waals surface area contributed by atoms with Gasteiger partial charge in [-0.1, -0.05) is 18.6 Å². The SMILES string of the molecule is CC1C=C2CCCC(NCCCCS(=O)(=O)O)(C2)C1. The first-order valence-corrected chi connectivity index (χ1v) is 8.89. The van der Waals surface area contributed by atoms with Gasteiger partial charge in [-0.2, -0.15) is 8.42 Å². The number of nitrogens with one attached hydrogen (secondary N) is 1. The molecule has 0 radical (unpaired) electrons. The zero-order valence-electron chi connectivity index (χ0n) is 11.7. The summed E-state index contributed by atoms with van der Waals surface area (Å²) in [7, 11) is -3.79. The monoisotopic (exact) mass is 287 g/mol. The van der Waals surface area contributed by atoms with Crippen LogP contribution in [0.3, 0.4) is 0 Å². The predicted octanol–water partition coefficient (Wildman–Crippen LogP) is 2.52. The number of rotatable bonds is 6. The normalized spacial score (nSPS) is 31.1. The number of allylic oxidation sites excluding steroid dienone is 1. The molecule has 2 bridgehead atoms. The van der Waals surface area contributed by atoms with Gasteiger partial charge in [0.2, 0.25) is 0 Å². The van der Waals surface area contributed by atoms with Gasteiger partial charge in [-0.15, -0.1) is 0 Å². The molecule has 0 amide bonds. The minimum atomic E-state index is -3.79. The molecule has 2 N–H and O–H groups in total. The lowest BCUT2D eigenvalue weighted by atomic mass is 9.69. The fraction of sp³-hybridized carbons (Fsp3) is 0.857. The second kappa shape index (κ2) is 5.94. The molecule has 1 fully saturated rings. The number of hydrogen-bond donors (Lipinski definition) is 2. The standard InChI is InChI=1S/C14H25NO3S/c1-12-9-13-5-4-6-14(10-12,11-13)15-7-2-3-8-19(16,17)18/h9,12,15H,2-8,10-11H2,1H3,(H,16,17,18). The lowest BCUT2D eigenvalue weighted by Gasteiger charge is -2.44. The molecule has 5 heteroatoms. The molecule has 0 heterocycles. The Morgan fingerprint density at radius 2 is 2.26 bits per heavy atom. The molecule has 2 rings (SSSR count). The summed E-state index contributed by atoms with van der Waals surface area (Å²) < 4.78 is 30.0. The summed E-state index contributed by atoms with van der Waals surface area (Å²) in [5.41, 5.74) is 1.84. The smallest absolute Gasteiger partial charge is 0.264 e. The van der Waals surface area contributed by atoms with Crippen LogP contribution in [-0.4, -0.2) is 30.8 Å². The molecule has 0 saturated heterocycles. The topological polar surface area (TPSA) is 66.4 Å². The number of unbranched alkanes of at least 4 members (excludes halogenated alkanes) is 1. The van der Waals surface area contributed by atoms with E-state index in [0.717, 1.165) is 19.4 Å². The van der Waals surface area contributed by atoms with Crippen LogP contribution in [0.4, 0.5) is 0 Å². The van der Waals surface area contributed by atoms with E-state index >= 15 is 0 Å². The molecule has 2 aliphatic rings. The van der Waals surface area contributed by atoms with Gasteiger partial charge in [0.25, 0.3) is 10.1 Å². The summed E-state index contributed by atoms with van der Waals surface area (Å²) >= 11 is 0. The average Bonchev–Trinajstić information content (AvgIpc) is 2.25. The van der Waals surface area contributed by atoms with Crippen LogP contribution in [0.1, 0.15) is 51.9 Å². The van der Waals surface area contributed by atoms with Crippen LogP contribution in [0, 0.1) is 5.92 Å². The van der Waals surface area contributed by atoms with Crippen LogP contribution < -0.4 is 5.32 Å². The Kier molecular flexibility index (Phi) is 4.69. The van der Waals surface area contributed by atoms with Crippen LogP contribution in [0.25, 0.3) is 0 Å². The van der Waals surface area contributed by atoms with E-state index in [-0.39, 0.29) is 11.3 Å². The fourth-order valence-electron chi connectivity index (χ4n) is 3.65. The predicted molar refractivity (Wildman–Crippen MR) is 76.7 cm³/mol. The molecule has 0 aromatic carbocycles. The summed E-state index contributed by atoms with van der Waals surface area (Å²) in [4.78, 5) is 0. The lowest BCUT2D eigenvalue weighted by Crippen LogP contribution is -2.50. The summed E-state index contributed by atoms with van der Waals surface area (Å²) in [5, 5.41) is 3.67. The van der Waals surface area contributed by atoms with Gasteiger partial charge in [0.05, 0.1) is 5.75 Å². The lowest BCUT2D eigenvalue weighted by molar-refractivity contribution is 0.213. The van der Waals surface area contributed by atoms with E-state index in [4.69, 9.17) is 4.55 Å². The summed E-state index contributed by atoms with van der Waals surface area (Å²) in [6, 6.07) is 0. The molecule has 0 aromatic heterocycles. The van der Waals surface area contributed by atoms with E-state index in [1.807, 2.05) is 0 Å². The van der Waals surface area contributed by atoms with Crippen molar-refractivity contribution in [2.45, 2.75) is 57.4 Å². The molecule has 0 aromatic rings. The Hall–Kier alpha value is -0.390. The van der Waals surface area contributed by atoms with Gasteiger partial charge in [-0.25, -0.2) is 0 Å². The Morgan fingerprint density at radius 1 is 1.47 bits per heavy atom. The van der Waals surface area contributed by atoms with Crippen LogP contribution >= 0.6 is 0 Å². The van der Waals surface area contributed by atoms with Gasteiger partial charge in [0.1, 0.15) is 0 Å². The molecular weight excluding hydrogens is 262 g/mol. The van der Waals surface area contributed by atoms with Crippen molar-refractivity contribution in [1.82, 2.24) is 5.32 Å². The van der Waals surface area contributed by atoms with Crippen molar-refractivity contribution in [3.8, 4) is 0 Å². The minimum Gasteiger partial charge on any atom is -0.311 e. The molecule has 110 valence electrons. The maximum atomic E-state index is 10.6. The maximum absolute atomic E-state index is 10.6. The molecule has 2 atom stereocenters. The molecule has 4 nitrogen and oxygen atoms in total. The number of hydrogen-bond acceptors (Lipinski definition) is 3. The third-order valence-corrected chi connectivity index (χ3v) is 5.09. The van der Waals surface area contributed by atoms with E-state index in [2.05, 4.69) is 18.3 Å². The van der Waals surface area contributed by atoms with Crippen molar-refractivity contribution in [2.75, 3.05) is 12.3 Å². The van der Waals surface area contributed by atoms with E-state index in [1.165, 1.54) is 25.7 Å². The molecule has 0 spiro atoms. The Bertz CT molecular complexity index is 444. The highest BCUT2D eigenvalue weighted by Gasteiger charge is 2.37. The summed E-state index contributed by atoms with van der Waals surface area (Å²) in [6.45, 7) is 3.12. The Labute approximate surface area is 116 Å². The van der Waals surface area contributed by atoms with Crippen molar-refractivity contribution in [2.24, 2.45) is 5.92 Å². The fourth-order valence-corrected chi connectivity index (χ4v) is 4.21. The first-order chi connectivity index (χ1) is 8.89. The average molecular weight is 287 g/mol. The van der Waals surface area contributed by atoms with Gasteiger partial charge < -0.3 is 5.32 Å². The summed E-state index contributed by atoms with van der Waals surface area (Å²) in [5.74, 6) is 0.526. The number of fused-ring (bicyclic) bond motifs is 2. The quantitative estimate of drug-likeness (QED) is 0.447. The molecular formula is C14H25NO3S. The molecule has 2 unspecified atom stereocenters. The Morgan fingerprint density at radius 3 is 3.00 bits per heavy atom. The van der Waals surface area contributed by atoms with Crippen LogP contribution in [0.15, 0.2) is 11.6 Å². The van der Waals surface area contributed by atoms with E-state index < -0.39 is 10.1 Å². The van der Waals surface area contributed by atoms with Gasteiger partial charge in [0, 0.05) is 5.54 Å². The highest BCUT2D eigenvalue weighted by molar-refractivity contribution is 7.85. The van der Waals surface area contributed by atoms with E-state index in [1.54, 1.807) is 5.57 Å². The van der Waals surface area contributed by atoms with Crippen molar-refractivity contribution in [3.05, 3.63) is 11.6 Å². The van der Waals surface area contributed by atoms with Gasteiger partial charge in [-0.05, 0) is 57.4 Å². The van der Waals surface area contributed by atoms with Crippen molar-refractivity contribution in [1.29, 1.82) is 0 Å². The zero-order valence-corrected chi connectivity index (χ0v) is 12.5. The molecule has 2 aliphatic carbocycles. The second-order valence-corrected chi connectivity index (χ2v) is 7.81. The maximum Gasteiger partial charge on any atom is 0.264 e. The van der Waals surface area contributed by atoms with E-state index in [9.17, 15) is 8.42 Å². The second-order valence-electron chi connectivity index (χ2n) is 6.24. The first kappa shape index (κ1) is 15.0.